The minimum atomic E-state index is -1.15. The number of phenolic OH excluding ortho intramolecular Hbond substituents is 1. The summed E-state index contributed by atoms with van der Waals surface area (Å²) in [7, 11) is 0. The summed E-state index contributed by atoms with van der Waals surface area (Å²) in [6.07, 6.45) is -0.689. The maximum absolute atomic E-state index is 12.4. The Hall–Kier alpha value is -3.80. The van der Waals surface area contributed by atoms with Crippen molar-refractivity contribution in [3.8, 4) is 16.9 Å². The molecule has 0 radical (unpaired) electrons. The number of hydrogen-bond acceptors (Lipinski definition) is 4. The Morgan fingerprint density at radius 1 is 1.00 bits per heavy atom. The van der Waals surface area contributed by atoms with Crippen LogP contribution in [-0.4, -0.2) is 34.9 Å². The fourth-order valence-electron chi connectivity index (χ4n) is 4.06. The van der Waals surface area contributed by atoms with Crippen molar-refractivity contribution in [2.24, 2.45) is 0 Å². The van der Waals surface area contributed by atoms with Gasteiger partial charge < -0.3 is 20.3 Å². The van der Waals surface area contributed by atoms with Crippen molar-refractivity contribution in [2.45, 2.75) is 25.3 Å². The number of ether oxygens (including phenoxy) is 1. The largest absolute Gasteiger partial charge is 0.508 e. The van der Waals surface area contributed by atoms with Gasteiger partial charge in [0.2, 0.25) is 0 Å². The van der Waals surface area contributed by atoms with Crippen LogP contribution in [0.3, 0.4) is 0 Å². The number of aromatic hydroxyl groups is 1. The van der Waals surface area contributed by atoms with Gasteiger partial charge in [-0.25, -0.2) is 9.59 Å². The molecular weight excluding hydrogens is 394 g/mol. The Balaban J connectivity index is 1.43. The number of amides is 1. The normalized spacial score (nSPS) is 13.2. The van der Waals surface area contributed by atoms with Crippen LogP contribution in [0.1, 0.15) is 28.2 Å². The molecule has 31 heavy (non-hydrogen) atoms. The number of alkyl carbamates (subject to hydrolysis) is 1. The van der Waals surface area contributed by atoms with Crippen molar-refractivity contribution in [1.29, 1.82) is 0 Å². The first-order valence-electron chi connectivity index (χ1n) is 10.1. The second-order valence-electron chi connectivity index (χ2n) is 7.69. The highest BCUT2D eigenvalue weighted by Gasteiger charge is 2.29. The van der Waals surface area contributed by atoms with Crippen LogP contribution in [0.15, 0.2) is 66.7 Å². The Morgan fingerprint density at radius 2 is 1.61 bits per heavy atom. The lowest BCUT2D eigenvalue weighted by atomic mass is 9.98. The maximum atomic E-state index is 12.4. The van der Waals surface area contributed by atoms with E-state index in [4.69, 9.17) is 4.74 Å². The zero-order chi connectivity index (χ0) is 22.0. The van der Waals surface area contributed by atoms with Crippen LogP contribution >= 0.6 is 0 Å². The topological polar surface area (TPSA) is 95.9 Å². The summed E-state index contributed by atoms with van der Waals surface area (Å²) in [5.74, 6) is -1.11. The van der Waals surface area contributed by atoms with Gasteiger partial charge in [0.05, 0.1) is 0 Å². The number of fused-ring (bicyclic) bond motifs is 3. The molecule has 6 heteroatoms. The SMILES string of the molecule is Cc1cc(CC(NC(=O)OCC2c3ccccc3-c3ccccc32)C(=O)O)ccc1O. The summed E-state index contributed by atoms with van der Waals surface area (Å²) in [6.45, 7) is 1.85. The van der Waals surface area contributed by atoms with Crippen LogP contribution in [-0.2, 0) is 16.0 Å². The van der Waals surface area contributed by atoms with Gasteiger partial charge in [-0.1, -0.05) is 60.7 Å². The van der Waals surface area contributed by atoms with Gasteiger partial charge in [0, 0.05) is 12.3 Å². The predicted molar refractivity (Wildman–Crippen MR) is 116 cm³/mol. The van der Waals surface area contributed by atoms with E-state index in [1.807, 2.05) is 48.5 Å². The highest BCUT2D eigenvalue weighted by Crippen LogP contribution is 2.44. The van der Waals surface area contributed by atoms with E-state index < -0.39 is 18.1 Å². The number of nitrogens with one attached hydrogen (secondary N) is 1. The van der Waals surface area contributed by atoms with E-state index in [2.05, 4.69) is 5.32 Å². The van der Waals surface area contributed by atoms with Crippen LogP contribution in [0.4, 0.5) is 4.79 Å². The zero-order valence-electron chi connectivity index (χ0n) is 17.0. The van der Waals surface area contributed by atoms with Gasteiger partial charge in [0.15, 0.2) is 0 Å². The van der Waals surface area contributed by atoms with Gasteiger partial charge in [-0.2, -0.15) is 0 Å². The third-order valence-electron chi connectivity index (χ3n) is 5.63. The van der Waals surface area contributed by atoms with Crippen molar-refractivity contribution in [1.82, 2.24) is 5.32 Å². The average Bonchev–Trinajstić information content (AvgIpc) is 3.08. The summed E-state index contributed by atoms with van der Waals surface area (Å²) >= 11 is 0. The second-order valence-corrected chi connectivity index (χ2v) is 7.69. The molecule has 1 aliphatic rings. The fraction of sp³-hybridized carbons (Fsp3) is 0.200. The number of phenols is 1. The minimum absolute atomic E-state index is 0.0840. The molecule has 0 saturated carbocycles. The molecule has 0 aliphatic heterocycles. The number of rotatable bonds is 6. The highest BCUT2D eigenvalue weighted by atomic mass is 16.5. The number of aliphatic carboxylic acids is 1. The second kappa shape index (κ2) is 8.52. The van der Waals surface area contributed by atoms with Gasteiger partial charge in [0.25, 0.3) is 0 Å². The first-order valence-corrected chi connectivity index (χ1v) is 10.1. The quantitative estimate of drug-likeness (QED) is 0.558. The Bertz CT molecular complexity index is 1090. The van der Waals surface area contributed by atoms with Gasteiger partial charge in [-0.05, 0) is 46.4 Å². The van der Waals surface area contributed by atoms with Gasteiger partial charge in [-0.15, -0.1) is 0 Å². The molecule has 0 bridgehead atoms. The number of aryl methyl sites for hydroxylation is 1. The van der Waals surface area contributed by atoms with Crippen LogP contribution in [0.2, 0.25) is 0 Å². The van der Waals surface area contributed by atoms with Crippen LogP contribution in [0, 0.1) is 6.92 Å². The third-order valence-corrected chi connectivity index (χ3v) is 5.63. The van der Waals surface area contributed by atoms with Crippen molar-refractivity contribution in [3.05, 3.63) is 89.0 Å². The number of carboxylic acids is 1. The predicted octanol–water partition coefficient (Wildman–Crippen LogP) is 4.24. The molecule has 3 aromatic carbocycles. The average molecular weight is 417 g/mol. The first kappa shape index (κ1) is 20.5. The molecule has 4 rings (SSSR count). The highest BCUT2D eigenvalue weighted by molar-refractivity contribution is 5.81. The lowest BCUT2D eigenvalue weighted by Crippen LogP contribution is -2.42. The van der Waals surface area contributed by atoms with E-state index in [-0.39, 0.29) is 24.7 Å². The van der Waals surface area contributed by atoms with Gasteiger partial charge in [-0.3, -0.25) is 0 Å². The van der Waals surface area contributed by atoms with Crippen LogP contribution < -0.4 is 5.32 Å². The summed E-state index contributed by atoms with van der Waals surface area (Å²) in [5.41, 5.74) is 5.76. The minimum Gasteiger partial charge on any atom is -0.508 e. The Labute approximate surface area is 180 Å². The van der Waals surface area contributed by atoms with Crippen LogP contribution in [0.25, 0.3) is 11.1 Å². The lowest BCUT2D eigenvalue weighted by Gasteiger charge is -2.18. The van der Waals surface area contributed by atoms with E-state index in [0.717, 1.165) is 22.3 Å². The molecule has 0 fully saturated rings. The maximum Gasteiger partial charge on any atom is 0.407 e. The van der Waals surface area contributed by atoms with E-state index in [1.54, 1.807) is 19.1 Å². The molecule has 3 aromatic rings. The molecular formula is C25H23NO5. The third kappa shape index (κ3) is 4.23. The number of hydrogen-bond donors (Lipinski definition) is 3. The molecule has 6 nitrogen and oxygen atoms in total. The lowest BCUT2D eigenvalue weighted by molar-refractivity contribution is -0.139. The molecule has 1 aliphatic carbocycles. The molecule has 0 saturated heterocycles. The van der Waals surface area contributed by atoms with E-state index in [0.29, 0.717) is 11.1 Å². The molecule has 0 heterocycles. The van der Waals surface area contributed by atoms with Crippen molar-refractivity contribution in [3.63, 3.8) is 0 Å². The zero-order valence-corrected chi connectivity index (χ0v) is 17.0. The summed E-state index contributed by atoms with van der Waals surface area (Å²) in [6, 6.07) is 19.7. The molecule has 1 atom stereocenters. The molecule has 3 N–H and O–H groups in total. The summed E-state index contributed by atoms with van der Waals surface area (Å²) in [5, 5.41) is 21.6. The van der Waals surface area contributed by atoms with Crippen molar-refractivity contribution >= 4 is 12.1 Å². The molecule has 0 aromatic heterocycles. The smallest absolute Gasteiger partial charge is 0.407 e. The molecule has 158 valence electrons. The van der Waals surface area contributed by atoms with Crippen molar-refractivity contribution in [2.75, 3.05) is 6.61 Å². The first-order chi connectivity index (χ1) is 14.9. The van der Waals surface area contributed by atoms with E-state index >= 15 is 0 Å². The Kier molecular flexibility index (Phi) is 5.62. The van der Waals surface area contributed by atoms with E-state index in [9.17, 15) is 19.8 Å². The summed E-state index contributed by atoms with van der Waals surface area (Å²) in [4.78, 5) is 24.1. The number of carbonyl (C=O) groups is 2. The van der Waals surface area contributed by atoms with E-state index in [1.165, 1.54) is 6.07 Å². The molecule has 1 unspecified atom stereocenters. The molecule has 1 amide bonds. The number of benzene rings is 3. The van der Waals surface area contributed by atoms with Gasteiger partial charge in [0.1, 0.15) is 18.4 Å². The molecule has 0 spiro atoms. The Morgan fingerprint density at radius 3 is 2.19 bits per heavy atom. The van der Waals surface area contributed by atoms with Crippen molar-refractivity contribution < 1.29 is 24.5 Å². The number of carboxylic acid groups (broad SMARTS) is 1. The monoisotopic (exact) mass is 417 g/mol. The van der Waals surface area contributed by atoms with Gasteiger partial charge >= 0.3 is 12.1 Å². The standard InChI is InChI=1S/C25H23NO5/c1-15-12-16(10-11-23(15)27)13-22(24(28)29)26-25(30)31-14-21-19-8-4-2-6-17(19)18-7-3-5-9-20(18)21/h2-12,21-22,27H,13-14H2,1H3,(H,26,30)(H,28,29). The fourth-order valence-corrected chi connectivity index (χ4v) is 4.06. The van der Waals surface area contributed by atoms with Crippen LogP contribution in [0.5, 0.6) is 5.75 Å². The number of carbonyl (C=O) groups excluding carboxylic acids is 1. The summed E-state index contributed by atoms with van der Waals surface area (Å²) < 4.78 is 5.45.